The molecule has 0 fully saturated rings. The van der Waals surface area contributed by atoms with Gasteiger partial charge in [-0.25, -0.2) is 4.98 Å². The molecule has 2 aromatic heterocycles. The van der Waals surface area contributed by atoms with E-state index >= 15 is 0 Å². The molecule has 0 radical (unpaired) electrons. The Morgan fingerprint density at radius 3 is 2.13 bits per heavy atom. The third-order valence-electron chi connectivity index (χ3n) is 9.31. The molecule has 0 spiro atoms. The second kappa shape index (κ2) is 10.4. The third-order valence-corrected chi connectivity index (χ3v) is 9.31. The molecule has 5 heteroatoms. The number of fused-ring (bicyclic) bond motifs is 4. The number of nitrogens with zero attached hydrogens (tertiary/aromatic N) is 5. The molecular weight excluding hydrogens is 550 g/mol. The van der Waals surface area contributed by atoms with E-state index in [1.807, 2.05) is 6.20 Å². The molecule has 0 amide bonds. The second-order valence-electron chi connectivity index (χ2n) is 14.5. The first kappa shape index (κ1) is 29.0. The summed E-state index contributed by atoms with van der Waals surface area (Å²) in [5.41, 5.74) is 11.1. The first-order valence-corrected chi connectivity index (χ1v) is 15.9. The van der Waals surface area contributed by atoms with E-state index in [4.69, 9.17) is 4.98 Å². The molecule has 45 heavy (non-hydrogen) atoms. The zero-order valence-corrected chi connectivity index (χ0v) is 27.8. The maximum absolute atomic E-state index is 4.87. The van der Waals surface area contributed by atoms with Gasteiger partial charge >= 0.3 is 0 Å². The lowest BCUT2D eigenvalue weighted by Crippen LogP contribution is -2.24. The average Bonchev–Trinajstić information content (AvgIpc) is 3.54. The van der Waals surface area contributed by atoms with Crippen LogP contribution in [0.3, 0.4) is 0 Å². The zero-order chi connectivity index (χ0) is 31.7. The van der Waals surface area contributed by atoms with Crippen molar-refractivity contribution in [1.82, 2.24) is 9.55 Å². The summed E-state index contributed by atoms with van der Waals surface area (Å²) in [6, 6.07) is 35.6. The van der Waals surface area contributed by atoms with Crippen molar-refractivity contribution in [3.05, 3.63) is 114 Å². The average molecular weight is 594 g/mol. The van der Waals surface area contributed by atoms with E-state index in [2.05, 4.69) is 172 Å². The summed E-state index contributed by atoms with van der Waals surface area (Å²) in [5.74, 6) is 0.946. The van der Waals surface area contributed by atoms with Crippen LogP contribution in [0.4, 0.5) is 28.4 Å². The van der Waals surface area contributed by atoms with Crippen LogP contribution in [0.1, 0.15) is 52.7 Å². The van der Waals surface area contributed by atoms with Gasteiger partial charge < -0.3 is 14.7 Å². The number of rotatable bonds is 4. The Balaban J connectivity index is 1.29. The van der Waals surface area contributed by atoms with Gasteiger partial charge in [0.05, 0.1) is 29.1 Å². The van der Waals surface area contributed by atoms with Gasteiger partial charge in [0.15, 0.2) is 0 Å². The van der Waals surface area contributed by atoms with Crippen LogP contribution in [0.15, 0.2) is 103 Å². The third kappa shape index (κ3) is 5.01. The van der Waals surface area contributed by atoms with E-state index in [9.17, 15) is 0 Å². The first-order valence-electron chi connectivity index (χ1n) is 15.9. The first-order chi connectivity index (χ1) is 21.4. The molecule has 7 rings (SSSR count). The van der Waals surface area contributed by atoms with Gasteiger partial charge in [-0.05, 0) is 82.6 Å². The van der Waals surface area contributed by atoms with Crippen molar-refractivity contribution in [2.75, 3.05) is 35.5 Å². The molecule has 0 saturated carbocycles. The van der Waals surface area contributed by atoms with Crippen molar-refractivity contribution in [1.29, 1.82) is 0 Å². The van der Waals surface area contributed by atoms with E-state index in [0.717, 1.165) is 29.4 Å². The van der Waals surface area contributed by atoms with Crippen LogP contribution in [0.5, 0.6) is 0 Å². The summed E-state index contributed by atoms with van der Waals surface area (Å²) in [6.45, 7) is 14.4. The lowest BCUT2D eigenvalue weighted by Gasteiger charge is -2.24. The lowest BCUT2D eigenvalue weighted by atomic mass is 9.86. The largest absolute Gasteiger partial charge is 0.355 e. The highest BCUT2D eigenvalue weighted by molar-refractivity contribution is 6.10. The van der Waals surface area contributed by atoms with E-state index in [1.54, 1.807) is 0 Å². The fraction of sp³-hybridized carbons (Fsp3) is 0.275. The van der Waals surface area contributed by atoms with E-state index in [-0.39, 0.29) is 10.8 Å². The van der Waals surface area contributed by atoms with Crippen LogP contribution in [-0.4, -0.2) is 30.3 Å². The Morgan fingerprint density at radius 1 is 0.644 bits per heavy atom. The topological polar surface area (TPSA) is 27.5 Å². The molecule has 0 aliphatic carbocycles. The maximum Gasteiger partial charge on any atom is 0.137 e. The molecule has 4 aromatic carbocycles. The highest BCUT2D eigenvalue weighted by Crippen LogP contribution is 2.43. The van der Waals surface area contributed by atoms with Gasteiger partial charge in [-0.1, -0.05) is 77.9 Å². The van der Waals surface area contributed by atoms with Crippen LogP contribution in [0.25, 0.3) is 27.6 Å². The van der Waals surface area contributed by atoms with Crippen molar-refractivity contribution in [2.24, 2.45) is 0 Å². The maximum atomic E-state index is 4.87. The Bertz CT molecular complexity index is 2060. The standard InChI is InChI=1S/C40H43N5/c1-39(2,3)27-16-19-35-37(22-27)42(7)26-44(35)31-13-11-12-29(24-31)43(8)30-17-18-33-32-14-9-10-15-34(32)45(36(33)25-30)38-23-28(20-21-41-38)40(4,5)6/h9-25H,26H2,1-8H3. The zero-order valence-electron chi connectivity index (χ0n) is 27.8. The predicted molar refractivity (Wildman–Crippen MR) is 192 cm³/mol. The van der Waals surface area contributed by atoms with Gasteiger partial charge in [0.2, 0.25) is 0 Å². The number of hydrogen-bond donors (Lipinski definition) is 0. The van der Waals surface area contributed by atoms with Crippen molar-refractivity contribution in [3.63, 3.8) is 0 Å². The Hall–Kier alpha value is -4.77. The van der Waals surface area contributed by atoms with Gasteiger partial charge in [-0.3, -0.25) is 4.57 Å². The SMILES string of the molecule is CN1CN(c2cccc(N(C)c3ccc4c5ccccc5n(-c5cc(C(C)(C)C)ccn5)c4c3)c2)c2ccc(C(C)(C)C)cc21. The molecule has 0 atom stereocenters. The van der Waals surface area contributed by atoms with Gasteiger partial charge in [0, 0.05) is 48.1 Å². The number of pyridine rings is 1. The van der Waals surface area contributed by atoms with Crippen molar-refractivity contribution in [2.45, 2.75) is 52.4 Å². The second-order valence-corrected chi connectivity index (χ2v) is 14.5. The highest BCUT2D eigenvalue weighted by atomic mass is 15.4. The fourth-order valence-electron chi connectivity index (χ4n) is 6.55. The van der Waals surface area contributed by atoms with Gasteiger partial charge in [-0.2, -0.15) is 0 Å². The van der Waals surface area contributed by atoms with Crippen LogP contribution in [0, 0.1) is 0 Å². The minimum absolute atomic E-state index is 0.0341. The highest BCUT2D eigenvalue weighted by Gasteiger charge is 2.27. The molecule has 0 bridgehead atoms. The lowest BCUT2D eigenvalue weighted by molar-refractivity contribution is 0.588. The van der Waals surface area contributed by atoms with Crippen LogP contribution in [-0.2, 0) is 10.8 Å². The monoisotopic (exact) mass is 593 g/mol. The number of para-hydroxylation sites is 1. The molecule has 0 saturated heterocycles. The molecule has 1 aliphatic rings. The summed E-state index contributed by atoms with van der Waals surface area (Å²) in [4.78, 5) is 11.9. The number of anilines is 5. The molecule has 0 N–H and O–H groups in total. The van der Waals surface area contributed by atoms with Crippen molar-refractivity contribution in [3.8, 4) is 5.82 Å². The normalized spacial score (nSPS) is 13.6. The minimum atomic E-state index is 0.0341. The summed E-state index contributed by atoms with van der Waals surface area (Å²) >= 11 is 0. The number of benzene rings is 4. The minimum Gasteiger partial charge on any atom is -0.355 e. The Morgan fingerprint density at radius 2 is 1.36 bits per heavy atom. The summed E-state index contributed by atoms with van der Waals surface area (Å²) in [7, 11) is 4.34. The molecule has 3 heterocycles. The van der Waals surface area contributed by atoms with Crippen LogP contribution < -0.4 is 14.7 Å². The summed E-state index contributed by atoms with van der Waals surface area (Å²) in [5, 5.41) is 2.46. The van der Waals surface area contributed by atoms with Gasteiger partial charge in [-0.15, -0.1) is 0 Å². The van der Waals surface area contributed by atoms with E-state index in [0.29, 0.717) is 0 Å². The Kier molecular flexibility index (Phi) is 6.70. The Labute approximate surface area is 267 Å². The van der Waals surface area contributed by atoms with Crippen molar-refractivity contribution >= 4 is 50.2 Å². The van der Waals surface area contributed by atoms with E-state index in [1.165, 1.54) is 44.5 Å². The van der Waals surface area contributed by atoms with Crippen LogP contribution >= 0.6 is 0 Å². The molecule has 6 aromatic rings. The molecule has 0 unspecified atom stereocenters. The molecule has 1 aliphatic heterocycles. The molecule has 228 valence electrons. The van der Waals surface area contributed by atoms with Crippen LogP contribution in [0.2, 0.25) is 0 Å². The smallest absolute Gasteiger partial charge is 0.137 e. The van der Waals surface area contributed by atoms with E-state index < -0.39 is 0 Å². The van der Waals surface area contributed by atoms with Gasteiger partial charge in [0.25, 0.3) is 0 Å². The predicted octanol–water partition coefficient (Wildman–Crippen LogP) is 10.1. The molecule has 5 nitrogen and oxygen atoms in total. The number of aromatic nitrogens is 2. The summed E-state index contributed by atoms with van der Waals surface area (Å²) < 4.78 is 2.32. The summed E-state index contributed by atoms with van der Waals surface area (Å²) in [6.07, 6.45) is 1.94. The fourth-order valence-corrected chi connectivity index (χ4v) is 6.55. The number of hydrogen-bond acceptors (Lipinski definition) is 4. The van der Waals surface area contributed by atoms with Crippen molar-refractivity contribution < 1.29 is 0 Å². The molecular formula is C40H43N5. The van der Waals surface area contributed by atoms with Gasteiger partial charge in [0.1, 0.15) is 5.82 Å². The quantitative estimate of drug-likeness (QED) is 0.203.